The number of rotatable bonds is 3. The molecule has 6 nitrogen and oxygen atoms in total. The zero-order chi connectivity index (χ0) is 16.6. The van der Waals surface area contributed by atoms with Gasteiger partial charge in [-0.1, -0.05) is 15.9 Å². The summed E-state index contributed by atoms with van der Waals surface area (Å²) in [5.74, 6) is -0.224. The normalized spacial score (nSPS) is 23.0. The Morgan fingerprint density at radius 3 is 3.00 bits per heavy atom. The first-order chi connectivity index (χ1) is 11.0. The fourth-order valence-corrected chi connectivity index (χ4v) is 3.75. The second kappa shape index (κ2) is 6.52. The number of hydrogen-bond acceptors (Lipinski definition) is 4. The van der Waals surface area contributed by atoms with E-state index in [-0.39, 0.29) is 23.8 Å². The van der Waals surface area contributed by atoms with Crippen molar-refractivity contribution in [2.75, 3.05) is 23.9 Å². The Bertz CT molecular complexity index is 682. The minimum Gasteiger partial charge on any atom is -0.350 e. The molecule has 1 saturated heterocycles. The van der Waals surface area contributed by atoms with Crippen molar-refractivity contribution >= 4 is 51.1 Å². The van der Waals surface area contributed by atoms with E-state index in [0.717, 1.165) is 4.47 Å². The first kappa shape index (κ1) is 16.3. The summed E-state index contributed by atoms with van der Waals surface area (Å²) in [6, 6.07) is 4.18. The molecule has 2 N–H and O–H groups in total. The summed E-state index contributed by atoms with van der Waals surface area (Å²) in [6.07, 6.45) is 2.42. The van der Waals surface area contributed by atoms with Crippen molar-refractivity contribution in [1.29, 1.82) is 0 Å². The lowest BCUT2D eigenvalue weighted by atomic mass is 10.1. The van der Waals surface area contributed by atoms with Gasteiger partial charge in [0.25, 0.3) is 5.91 Å². The fourth-order valence-electron chi connectivity index (χ4n) is 3.04. The molecule has 0 bridgehead atoms. The number of carbonyl (C=O) groups excluding carboxylic acids is 3. The van der Waals surface area contributed by atoms with Crippen LogP contribution in [0.4, 0.5) is 5.69 Å². The third-order valence-corrected chi connectivity index (χ3v) is 5.06. The Morgan fingerprint density at radius 1 is 1.48 bits per heavy atom. The van der Waals surface area contributed by atoms with Gasteiger partial charge < -0.3 is 15.5 Å². The van der Waals surface area contributed by atoms with Crippen molar-refractivity contribution in [2.24, 2.45) is 0 Å². The molecule has 2 heterocycles. The number of benzene rings is 1. The zero-order valence-electron chi connectivity index (χ0n) is 12.5. The average molecular weight is 398 g/mol. The predicted molar refractivity (Wildman–Crippen MR) is 92.5 cm³/mol. The monoisotopic (exact) mass is 397 g/mol. The topological polar surface area (TPSA) is 78.5 Å². The predicted octanol–water partition coefficient (Wildman–Crippen LogP) is 1.46. The third kappa shape index (κ3) is 3.10. The minimum absolute atomic E-state index is 0.117. The van der Waals surface area contributed by atoms with E-state index >= 15 is 0 Å². The van der Waals surface area contributed by atoms with Crippen LogP contribution in [0.1, 0.15) is 16.8 Å². The van der Waals surface area contributed by atoms with Crippen LogP contribution in [0.25, 0.3) is 0 Å². The molecule has 2 aliphatic rings. The highest BCUT2D eigenvalue weighted by atomic mass is 79.9. The molecule has 1 aromatic rings. The highest BCUT2D eigenvalue weighted by molar-refractivity contribution is 9.10. The van der Waals surface area contributed by atoms with Crippen molar-refractivity contribution in [2.45, 2.75) is 18.5 Å². The molecule has 122 valence electrons. The number of nitrogens with one attached hydrogen (secondary N) is 2. The number of hydrogen-bond donors (Lipinski definition) is 2. The Labute approximate surface area is 146 Å². The lowest BCUT2D eigenvalue weighted by molar-refractivity contribution is -0.122. The molecule has 23 heavy (non-hydrogen) atoms. The average Bonchev–Trinajstić information content (AvgIpc) is 2.87. The van der Waals surface area contributed by atoms with Crippen molar-refractivity contribution < 1.29 is 14.4 Å². The van der Waals surface area contributed by atoms with Gasteiger partial charge in [0.1, 0.15) is 6.04 Å². The summed E-state index contributed by atoms with van der Waals surface area (Å²) in [4.78, 5) is 38.7. The van der Waals surface area contributed by atoms with E-state index in [1.54, 1.807) is 23.1 Å². The molecule has 2 aliphatic heterocycles. The molecule has 1 aromatic carbocycles. The van der Waals surface area contributed by atoms with Crippen molar-refractivity contribution in [1.82, 2.24) is 10.2 Å². The van der Waals surface area contributed by atoms with Crippen molar-refractivity contribution in [3.05, 3.63) is 28.2 Å². The summed E-state index contributed by atoms with van der Waals surface area (Å²) >= 11 is 4.77. The number of nitrogens with zero attached hydrogens (tertiary/aromatic N) is 1. The van der Waals surface area contributed by atoms with E-state index in [1.165, 1.54) is 11.8 Å². The summed E-state index contributed by atoms with van der Waals surface area (Å²) in [5, 5.41) is 5.68. The van der Waals surface area contributed by atoms with E-state index in [4.69, 9.17) is 0 Å². The number of thioether (sulfide) groups is 1. The molecule has 0 aliphatic carbocycles. The van der Waals surface area contributed by atoms with Crippen LogP contribution in [-0.4, -0.2) is 53.3 Å². The van der Waals surface area contributed by atoms with E-state index in [2.05, 4.69) is 26.6 Å². The van der Waals surface area contributed by atoms with Gasteiger partial charge in [-0.15, -0.1) is 0 Å². The first-order valence-electron chi connectivity index (χ1n) is 7.21. The van der Waals surface area contributed by atoms with Gasteiger partial charge in [-0.3, -0.25) is 14.4 Å². The van der Waals surface area contributed by atoms with Gasteiger partial charge >= 0.3 is 0 Å². The molecular weight excluding hydrogens is 382 g/mol. The molecule has 0 saturated carbocycles. The highest BCUT2D eigenvalue weighted by Crippen LogP contribution is 2.30. The van der Waals surface area contributed by atoms with Gasteiger partial charge in [-0.2, -0.15) is 11.8 Å². The molecule has 0 spiro atoms. The second-order valence-electron chi connectivity index (χ2n) is 5.52. The van der Waals surface area contributed by atoms with Crippen LogP contribution in [0.2, 0.25) is 0 Å². The largest absolute Gasteiger partial charge is 0.350 e. The molecule has 8 heteroatoms. The molecule has 2 atom stereocenters. The van der Waals surface area contributed by atoms with Crippen LogP contribution in [0.5, 0.6) is 0 Å². The number of anilines is 1. The molecule has 0 unspecified atom stereocenters. The van der Waals surface area contributed by atoms with E-state index in [1.807, 2.05) is 6.26 Å². The minimum atomic E-state index is -0.667. The summed E-state index contributed by atoms with van der Waals surface area (Å²) < 4.78 is 0.779. The van der Waals surface area contributed by atoms with Gasteiger partial charge in [0.15, 0.2) is 0 Å². The summed E-state index contributed by atoms with van der Waals surface area (Å²) in [7, 11) is 0. The van der Waals surface area contributed by atoms with Crippen molar-refractivity contribution in [3.8, 4) is 0 Å². The van der Waals surface area contributed by atoms with Crippen LogP contribution < -0.4 is 10.6 Å². The SMILES string of the molecule is CSCC(=O)N[C@@H]1CCN2C(=O)c3cc(Br)ccc3NC(=O)[C@H]12. The Morgan fingerprint density at radius 2 is 2.26 bits per heavy atom. The van der Waals surface area contributed by atoms with Crippen LogP contribution >= 0.6 is 27.7 Å². The van der Waals surface area contributed by atoms with Crippen LogP contribution in [0.3, 0.4) is 0 Å². The lowest BCUT2D eigenvalue weighted by Crippen LogP contribution is -2.51. The van der Waals surface area contributed by atoms with Crippen LogP contribution in [0, 0.1) is 0 Å². The number of fused-ring (bicyclic) bond motifs is 2. The van der Waals surface area contributed by atoms with Gasteiger partial charge in [0, 0.05) is 11.0 Å². The lowest BCUT2D eigenvalue weighted by Gasteiger charge is -2.24. The Kier molecular flexibility index (Phi) is 4.63. The zero-order valence-corrected chi connectivity index (χ0v) is 14.9. The van der Waals surface area contributed by atoms with Gasteiger partial charge in [-0.25, -0.2) is 0 Å². The highest BCUT2D eigenvalue weighted by Gasteiger charge is 2.45. The van der Waals surface area contributed by atoms with Crippen molar-refractivity contribution in [3.63, 3.8) is 0 Å². The van der Waals surface area contributed by atoms with Crippen LogP contribution in [-0.2, 0) is 9.59 Å². The smallest absolute Gasteiger partial charge is 0.256 e. The molecule has 1 fully saturated rings. The second-order valence-corrected chi connectivity index (χ2v) is 7.30. The van der Waals surface area contributed by atoms with E-state index in [0.29, 0.717) is 30.0 Å². The van der Waals surface area contributed by atoms with E-state index in [9.17, 15) is 14.4 Å². The van der Waals surface area contributed by atoms with Gasteiger partial charge in [0.05, 0.1) is 23.0 Å². The quantitative estimate of drug-likeness (QED) is 0.809. The maximum atomic E-state index is 12.8. The number of carbonyl (C=O) groups is 3. The fraction of sp³-hybridized carbons (Fsp3) is 0.400. The standard InChI is InChI=1S/C15H16BrN3O3S/c1-23-7-12(20)17-11-4-5-19-13(11)14(21)18-10-3-2-8(16)6-9(10)15(19)22/h2-3,6,11,13H,4-5,7H2,1H3,(H,17,20)(H,18,21)/t11-,13+/m1/s1. The summed E-state index contributed by atoms with van der Waals surface area (Å²) in [6.45, 7) is 0.451. The Balaban J connectivity index is 1.89. The molecule has 3 amide bonds. The Hall–Kier alpha value is -1.54. The molecular formula is C15H16BrN3O3S. The van der Waals surface area contributed by atoms with Crippen LogP contribution in [0.15, 0.2) is 22.7 Å². The molecule has 0 aromatic heterocycles. The number of halogens is 1. The first-order valence-corrected chi connectivity index (χ1v) is 9.39. The molecule has 3 rings (SSSR count). The maximum absolute atomic E-state index is 12.8. The number of amides is 3. The van der Waals surface area contributed by atoms with Gasteiger partial charge in [0.2, 0.25) is 11.8 Å². The third-order valence-electron chi connectivity index (χ3n) is 4.02. The van der Waals surface area contributed by atoms with E-state index < -0.39 is 6.04 Å². The molecule has 0 radical (unpaired) electrons. The summed E-state index contributed by atoms with van der Waals surface area (Å²) in [5.41, 5.74) is 0.970. The maximum Gasteiger partial charge on any atom is 0.256 e. The van der Waals surface area contributed by atoms with Gasteiger partial charge in [-0.05, 0) is 30.9 Å².